The normalized spacial score (nSPS) is 10.9. The molecule has 0 saturated carbocycles. The zero-order valence-corrected chi connectivity index (χ0v) is 12.7. The van der Waals surface area contributed by atoms with Crippen molar-refractivity contribution in [1.29, 1.82) is 0 Å². The Morgan fingerprint density at radius 1 is 0.958 bits per heavy atom. The van der Waals surface area contributed by atoms with E-state index in [0.717, 1.165) is 11.3 Å². The van der Waals surface area contributed by atoms with Gasteiger partial charge in [0.25, 0.3) is 5.89 Å². The summed E-state index contributed by atoms with van der Waals surface area (Å²) in [6.07, 6.45) is 1.34. The third-order valence-electron chi connectivity index (χ3n) is 3.67. The molecule has 0 aliphatic heterocycles. The second-order valence-electron chi connectivity index (χ2n) is 5.12. The van der Waals surface area contributed by atoms with Gasteiger partial charge in [0.1, 0.15) is 23.2 Å². The fourth-order valence-electron chi connectivity index (χ4n) is 2.41. The monoisotopic (exact) mass is 320 g/mol. The molecule has 0 amide bonds. The number of rotatable bonds is 3. The molecule has 6 nitrogen and oxygen atoms in total. The highest BCUT2D eigenvalue weighted by Crippen LogP contribution is 2.25. The van der Waals surface area contributed by atoms with Gasteiger partial charge in [-0.05, 0) is 36.4 Å². The Morgan fingerprint density at radius 2 is 1.71 bits per heavy atom. The van der Waals surface area contributed by atoms with Crippen molar-refractivity contribution in [3.63, 3.8) is 0 Å². The maximum absolute atomic E-state index is 12.6. The molecular formula is C18H12N2O4. The van der Waals surface area contributed by atoms with Crippen molar-refractivity contribution in [1.82, 2.24) is 10.2 Å². The van der Waals surface area contributed by atoms with E-state index in [1.165, 1.54) is 6.26 Å². The summed E-state index contributed by atoms with van der Waals surface area (Å²) in [4.78, 5) is 12.6. The molecule has 0 unspecified atom stereocenters. The molecule has 0 fully saturated rings. The van der Waals surface area contributed by atoms with Crippen LogP contribution in [0.15, 0.2) is 68.4 Å². The number of methoxy groups -OCH3 is 1. The van der Waals surface area contributed by atoms with Crippen molar-refractivity contribution in [3.8, 4) is 28.7 Å². The Balaban J connectivity index is 1.77. The Bertz CT molecular complexity index is 1060. The lowest BCUT2D eigenvalue weighted by molar-refractivity contribution is 0.415. The minimum atomic E-state index is -0.207. The lowest BCUT2D eigenvalue weighted by Crippen LogP contribution is -2.04. The molecule has 24 heavy (non-hydrogen) atoms. The van der Waals surface area contributed by atoms with Gasteiger partial charge >= 0.3 is 0 Å². The lowest BCUT2D eigenvalue weighted by atomic mass is 10.2. The van der Waals surface area contributed by atoms with Gasteiger partial charge in [-0.2, -0.15) is 0 Å². The van der Waals surface area contributed by atoms with Crippen LogP contribution in [0, 0.1) is 0 Å². The molecule has 0 saturated heterocycles. The van der Waals surface area contributed by atoms with Crippen LogP contribution in [0.4, 0.5) is 0 Å². The molecule has 0 N–H and O–H groups in total. The molecule has 0 spiro atoms. The van der Waals surface area contributed by atoms with Crippen LogP contribution >= 0.6 is 0 Å². The van der Waals surface area contributed by atoms with Gasteiger partial charge in [-0.1, -0.05) is 12.1 Å². The van der Waals surface area contributed by atoms with Gasteiger partial charge in [0.15, 0.2) is 0 Å². The minimum Gasteiger partial charge on any atom is -0.497 e. The molecular weight excluding hydrogens is 308 g/mol. The van der Waals surface area contributed by atoms with Crippen LogP contribution in [0.5, 0.6) is 5.75 Å². The largest absolute Gasteiger partial charge is 0.497 e. The zero-order valence-electron chi connectivity index (χ0n) is 12.7. The number of fused-ring (bicyclic) bond motifs is 1. The van der Waals surface area contributed by atoms with Gasteiger partial charge in [0.05, 0.1) is 12.5 Å². The van der Waals surface area contributed by atoms with E-state index in [1.54, 1.807) is 55.6 Å². The van der Waals surface area contributed by atoms with Crippen LogP contribution in [0.2, 0.25) is 0 Å². The van der Waals surface area contributed by atoms with E-state index in [1.807, 2.05) is 0 Å². The average Bonchev–Trinajstić information content (AvgIpc) is 3.12. The smallest absolute Gasteiger partial charge is 0.255 e. The lowest BCUT2D eigenvalue weighted by Gasteiger charge is -1.99. The Labute approximate surface area is 136 Å². The minimum absolute atomic E-state index is 0.125. The van der Waals surface area contributed by atoms with Gasteiger partial charge < -0.3 is 13.6 Å². The van der Waals surface area contributed by atoms with Gasteiger partial charge in [-0.15, -0.1) is 10.2 Å². The summed E-state index contributed by atoms with van der Waals surface area (Å²) in [5.41, 5.74) is 1.28. The third kappa shape index (κ3) is 2.34. The molecule has 0 aliphatic rings. The molecule has 6 heteroatoms. The predicted molar refractivity (Wildman–Crippen MR) is 87.8 cm³/mol. The Morgan fingerprint density at radius 3 is 2.50 bits per heavy atom. The molecule has 0 aliphatic carbocycles. The molecule has 118 valence electrons. The first kappa shape index (κ1) is 14.2. The maximum Gasteiger partial charge on any atom is 0.255 e. The van der Waals surface area contributed by atoms with E-state index in [-0.39, 0.29) is 16.9 Å². The van der Waals surface area contributed by atoms with Crippen LogP contribution in [0.25, 0.3) is 33.9 Å². The Kier molecular flexibility index (Phi) is 3.35. The number of ether oxygens (including phenoxy) is 1. The van der Waals surface area contributed by atoms with E-state index in [9.17, 15) is 4.79 Å². The first-order chi connectivity index (χ1) is 11.8. The topological polar surface area (TPSA) is 78.4 Å². The van der Waals surface area contributed by atoms with E-state index in [0.29, 0.717) is 16.9 Å². The van der Waals surface area contributed by atoms with Crippen LogP contribution in [0.3, 0.4) is 0 Å². The van der Waals surface area contributed by atoms with Crippen molar-refractivity contribution in [2.24, 2.45) is 0 Å². The van der Waals surface area contributed by atoms with Crippen molar-refractivity contribution in [2.45, 2.75) is 0 Å². The highest BCUT2D eigenvalue weighted by atomic mass is 16.5. The van der Waals surface area contributed by atoms with Gasteiger partial charge in [-0.25, -0.2) is 0 Å². The first-order valence-corrected chi connectivity index (χ1v) is 7.25. The summed E-state index contributed by atoms with van der Waals surface area (Å²) in [6, 6.07) is 14.2. The first-order valence-electron chi connectivity index (χ1n) is 7.25. The molecule has 2 heterocycles. The molecule has 4 aromatic rings. The maximum atomic E-state index is 12.6. The van der Waals surface area contributed by atoms with Crippen molar-refractivity contribution >= 4 is 11.0 Å². The van der Waals surface area contributed by atoms with E-state index >= 15 is 0 Å². The number of hydrogen-bond donors (Lipinski definition) is 0. The SMILES string of the molecule is COc1ccc(-c2nnc(-c3coc4ccccc4c3=O)o2)cc1. The highest BCUT2D eigenvalue weighted by molar-refractivity contribution is 5.79. The van der Waals surface area contributed by atoms with Crippen molar-refractivity contribution in [2.75, 3.05) is 7.11 Å². The van der Waals surface area contributed by atoms with Crippen LogP contribution in [-0.4, -0.2) is 17.3 Å². The summed E-state index contributed by atoms with van der Waals surface area (Å²) < 4.78 is 16.2. The standard InChI is InChI=1S/C18H12N2O4/c1-22-12-8-6-11(7-9-12)17-19-20-18(24-17)14-10-23-15-5-3-2-4-13(15)16(14)21/h2-10H,1H3. The van der Waals surface area contributed by atoms with Gasteiger partial charge in [0.2, 0.25) is 11.3 Å². The quantitative estimate of drug-likeness (QED) is 0.575. The van der Waals surface area contributed by atoms with Crippen molar-refractivity contribution < 1.29 is 13.6 Å². The summed E-state index contributed by atoms with van der Waals surface area (Å²) >= 11 is 0. The van der Waals surface area contributed by atoms with Gasteiger partial charge in [-0.3, -0.25) is 4.79 Å². The number of aromatic nitrogens is 2. The predicted octanol–water partition coefficient (Wildman–Crippen LogP) is 3.52. The number of hydrogen-bond acceptors (Lipinski definition) is 6. The summed E-state index contributed by atoms with van der Waals surface area (Å²) in [5.74, 6) is 1.18. The fraction of sp³-hybridized carbons (Fsp3) is 0.0556. The number of nitrogens with zero attached hydrogens (tertiary/aromatic N) is 2. The van der Waals surface area contributed by atoms with E-state index in [2.05, 4.69) is 10.2 Å². The molecule has 0 atom stereocenters. The summed E-state index contributed by atoms with van der Waals surface area (Å²) in [7, 11) is 1.60. The molecule has 4 rings (SSSR count). The van der Waals surface area contributed by atoms with Crippen molar-refractivity contribution in [3.05, 3.63) is 65.0 Å². The molecule has 0 radical (unpaired) electrons. The fourth-order valence-corrected chi connectivity index (χ4v) is 2.41. The number of benzene rings is 2. The third-order valence-corrected chi connectivity index (χ3v) is 3.67. The molecule has 2 aromatic carbocycles. The molecule has 2 aromatic heterocycles. The molecule has 0 bridgehead atoms. The van der Waals surface area contributed by atoms with E-state index < -0.39 is 0 Å². The number of para-hydroxylation sites is 1. The highest BCUT2D eigenvalue weighted by Gasteiger charge is 2.16. The van der Waals surface area contributed by atoms with E-state index in [4.69, 9.17) is 13.6 Å². The Hall–Kier alpha value is -3.41. The second-order valence-corrected chi connectivity index (χ2v) is 5.12. The average molecular weight is 320 g/mol. The van der Waals surface area contributed by atoms with Crippen LogP contribution in [-0.2, 0) is 0 Å². The van der Waals surface area contributed by atoms with Gasteiger partial charge in [0, 0.05) is 5.56 Å². The second kappa shape index (κ2) is 5.66. The summed E-state index contributed by atoms with van der Waals surface area (Å²) in [5, 5.41) is 8.44. The van der Waals surface area contributed by atoms with Crippen LogP contribution in [0.1, 0.15) is 0 Å². The zero-order chi connectivity index (χ0) is 16.5. The van der Waals surface area contributed by atoms with Crippen LogP contribution < -0.4 is 10.2 Å². The summed E-state index contributed by atoms with van der Waals surface area (Å²) in [6.45, 7) is 0.